The molecule has 0 saturated heterocycles. The van der Waals surface area contributed by atoms with Crippen LogP contribution in [0, 0.1) is 0 Å². The van der Waals surface area contributed by atoms with Crippen molar-refractivity contribution in [3.05, 3.63) is 191 Å². The Morgan fingerprint density at radius 1 is 0.481 bits per heavy atom. The second kappa shape index (κ2) is 11.4. The van der Waals surface area contributed by atoms with Gasteiger partial charge in [0.05, 0.1) is 11.7 Å². The summed E-state index contributed by atoms with van der Waals surface area (Å²) in [6.45, 7) is 0. The number of furan rings is 1. The molecule has 0 radical (unpaired) electrons. The molecule has 9 aromatic carbocycles. The van der Waals surface area contributed by atoms with Gasteiger partial charge in [0.15, 0.2) is 0 Å². The first-order valence-corrected chi connectivity index (χ1v) is 19.2. The van der Waals surface area contributed by atoms with Gasteiger partial charge in [-0.2, -0.15) is 0 Å². The van der Waals surface area contributed by atoms with Crippen LogP contribution in [0.25, 0.3) is 81.9 Å². The van der Waals surface area contributed by atoms with Crippen LogP contribution < -0.4 is 5.32 Å². The number of amidine groups is 1. The van der Waals surface area contributed by atoms with Crippen molar-refractivity contribution in [3.8, 4) is 11.1 Å². The summed E-state index contributed by atoms with van der Waals surface area (Å²) in [4.78, 5) is 7.99. The highest BCUT2D eigenvalue weighted by Gasteiger charge is 2.35. The standard InChI is InChI=1S/C50H30N2OS/c1-2-11-30-26-33(21-20-29(30)10-1)47-49-48(39-16-7-8-19-45(39)54-49)52-50(51-47)40-17-9-18-44-46(40)42-28-32(23-25-43(42)53-44)31-22-24-38-36-14-4-3-12-34(36)35-13-5-6-15-37(35)41(38)27-31/h1-28,48H,(H,51,52). The third-order valence-corrected chi connectivity index (χ3v) is 12.5. The summed E-state index contributed by atoms with van der Waals surface area (Å²) in [5, 5.41) is 16.1. The van der Waals surface area contributed by atoms with Crippen molar-refractivity contribution in [1.29, 1.82) is 0 Å². The minimum absolute atomic E-state index is 0.00709. The Hall–Kier alpha value is -6.62. The highest BCUT2D eigenvalue weighted by atomic mass is 32.2. The molecule has 10 aromatic rings. The Morgan fingerprint density at radius 2 is 1.13 bits per heavy atom. The van der Waals surface area contributed by atoms with E-state index in [0.717, 1.165) is 50.2 Å². The van der Waals surface area contributed by atoms with Gasteiger partial charge in [0.1, 0.15) is 17.0 Å². The second-order valence-corrected chi connectivity index (χ2v) is 15.4. The molecule has 1 aromatic heterocycles. The molecule has 2 aliphatic rings. The van der Waals surface area contributed by atoms with E-state index in [1.807, 2.05) is 11.8 Å². The summed E-state index contributed by atoms with van der Waals surface area (Å²) in [6.07, 6.45) is 0. The fraction of sp³-hybridized carbons (Fsp3) is 0.0200. The van der Waals surface area contributed by atoms with E-state index in [0.29, 0.717) is 0 Å². The minimum atomic E-state index is 0.00709. The highest BCUT2D eigenvalue weighted by Crippen LogP contribution is 2.52. The van der Waals surface area contributed by atoms with Crippen LogP contribution in [0.5, 0.6) is 0 Å². The molecular formula is C50H30N2OS. The van der Waals surface area contributed by atoms with Crippen molar-refractivity contribution >= 4 is 88.3 Å². The Kier molecular flexibility index (Phi) is 6.33. The average molecular weight is 707 g/mol. The number of hydrogen-bond donors (Lipinski definition) is 1. The van der Waals surface area contributed by atoms with Gasteiger partial charge in [-0.25, -0.2) is 4.99 Å². The molecule has 2 aliphatic heterocycles. The van der Waals surface area contributed by atoms with Crippen LogP contribution in [0.15, 0.2) is 189 Å². The maximum Gasteiger partial charge on any atom is 0.136 e. The van der Waals surface area contributed by atoms with Crippen molar-refractivity contribution in [3.63, 3.8) is 0 Å². The molecule has 1 N–H and O–H groups in total. The smallest absolute Gasteiger partial charge is 0.136 e. The van der Waals surface area contributed by atoms with E-state index in [1.165, 1.54) is 64.0 Å². The van der Waals surface area contributed by atoms with E-state index in [2.05, 4.69) is 175 Å². The van der Waals surface area contributed by atoms with Crippen LogP contribution in [-0.2, 0) is 0 Å². The lowest BCUT2D eigenvalue weighted by molar-refractivity contribution is 0.669. The molecule has 0 spiro atoms. The van der Waals surface area contributed by atoms with Crippen LogP contribution in [0.1, 0.15) is 22.7 Å². The predicted octanol–water partition coefficient (Wildman–Crippen LogP) is 13.4. The molecule has 12 rings (SSSR count). The van der Waals surface area contributed by atoms with Gasteiger partial charge < -0.3 is 9.73 Å². The van der Waals surface area contributed by atoms with Crippen molar-refractivity contribution in [2.24, 2.45) is 4.99 Å². The van der Waals surface area contributed by atoms with E-state index in [9.17, 15) is 0 Å². The first kappa shape index (κ1) is 29.9. The molecule has 252 valence electrons. The lowest BCUT2D eigenvalue weighted by Gasteiger charge is -2.26. The zero-order valence-corrected chi connectivity index (χ0v) is 29.8. The van der Waals surface area contributed by atoms with Crippen LogP contribution in [-0.4, -0.2) is 5.84 Å². The van der Waals surface area contributed by atoms with Gasteiger partial charge in [-0.05, 0) is 96.2 Å². The van der Waals surface area contributed by atoms with Gasteiger partial charge in [0.2, 0.25) is 0 Å². The van der Waals surface area contributed by atoms with Crippen LogP contribution >= 0.6 is 11.8 Å². The summed E-state index contributed by atoms with van der Waals surface area (Å²) >= 11 is 1.83. The van der Waals surface area contributed by atoms with Gasteiger partial charge in [0.25, 0.3) is 0 Å². The fourth-order valence-electron chi connectivity index (χ4n) is 8.77. The Bertz CT molecular complexity index is 3260. The number of thioether (sulfide) groups is 1. The summed E-state index contributed by atoms with van der Waals surface area (Å²) in [5.41, 5.74) is 8.50. The van der Waals surface area contributed by atoms with Crippen molar-refractivity contribution in [2.45, 2.75) is 10.9 Å². The molecule has 0 fully saturated rings. The van der Waals surface area contributed by atoms with Crippen molar-refractivity contribution in [1.82, 2.24) is 5.32 Å². The van der Waals surface area contributed by atoms with E-state index in [-0.39, 0.29) is 6.04 Å². The number of benzene rings is 9. The topological polar surface area (TPSA) is 37.5 Å². The number of fused-ring (bicyclic) bond motifs is 13. The number of aliphatic imine (C=N–C) groups is 1. The first-order chi connectivity index (χ1) is 26.7. The zero-order chi connectivity index (χ0) is 35.3. The third-order valence-electron chi connectivity index (χ3n) is 11.3. The maximum absolute atomic E-state index is 6.55. The van der Waals surface area contributed by atoms with Gasteiger partial charge in [-0.15, -0.1) is 0 Å². The quantitative estimate of drug-likeness (QED) is 0.186. The third kappa shape index (κ3) is 4.41. The molecule has 0 saturated carbocycles. The van der Waals surface area contributed by atoms with E-state index < -0.39 is 0 Å². The van der Waals surface area contributed by atoms with E-state index >= 15 is 0 Å². The van der Waals surface area contributed by atoms with Crippen molar-refractivity contribution in [2.75, 3.05) is 0 Å². The van der Waals surface area contributed by atoms with Gasteiger partial charge in [0, 0.05) is 31.7 Å². The lowest BCUT2D eigenvalue weighted by atomic mass is 9.92. The molecule has 54 heavy (non-hydrogen) atoms. The Balaban J connectivity index is 1.04. The van der Waals surface area contributed by atoms with Gasteiger partial charge in [-0.1, -0.05) is 145 Å². The van der Waals surface area contributed by atoms with Crippen LogP contribution in [0.2, 0.25) is 0 Å². The average Bonchev–Trinajstić information content (AvgIpc) is 3.81. The summed E-state index contributed by atoms with van der Waals surface area (Å²) in [5.74, 6) is 0.854. The molecule has 0 amide bonds. The molecule has 3 heterocycles. The number of nitrogens with one attached hydrogen (secondary N) is 1. The van der Waals surface area contributed by atoms with Crippen LogP contribution in [0.4, 0.5) is 0 Å². The molecule has 1 unspecified atom stereocenters. The maximum atomic E-state index is 6.55. The number of nitrogens with zero attached hydrogens (tertiary/aromatic N) is 1. The second-order valence-electron chi connectivity index (χ2n) is 14.3. The Labute approximate surface area is 315 Å². The molecular weight excluding hydrogens is 677 g/mol. The molecule has 1 atom stereocenters. The Morgan fingerprint density at radius 3 is 1.94 bits per heavy atom. The van der Waals surface area contributed by atoms with Gasteiger partial charge >= 0.3 is 0 Å². The molecule has 3 nitrogen and oxygen atoms in total. The fourth-order valence-corrected chi connectivity index (χ4v) is 10.0. The summed E-state index contributed by atoms with van der Waals surface area (Å²) in [7, 11) is 0. The summed E-state index contributed by atoms with van der Waals surface area (Å²) in [6, 6.07) is 61.3. The highest BCUT2D eigenvalue weighted by molar-refractivity contribution is 8.03. The molecule has 0 bridgehead atoms. The van der Waals surface area contributed by atoms with Gasteiger partial charge in [-0.3, -0.25) is 0 Å². The van der Waals surface area contributed by atoms with Crippen molar-refractivity contribution < 1.29 is 4.42 Å². The van der Waals surface area contributed by atoms with Crippen LogP contribution in [0.3, 0.4) is 0 Å². The lowest BCUT2D eigenvalue weighted by Crippen LogP contribution is -2.32. The minimum Gasteiger partial charge on any atom is -0.456 e. The predicted molar refractivity (Wildman–Crippen MR) is 227 cm³/mol. The zero-order valence-electron chi connectivity index (χ0n) is 29.0. The number of hydrogen-bond acceptors (Lipinski definition) is 4. The SMILES string of the molecule is c1ccc2c(c1)SC1=C(c3ccc4ccccc4c3)N=C(c3cccc4oc5ccc(-c6ccc7c8ccccc8c8ccccc8c7c6)cc5c34)NC12. The monoisotopic (exact) mass is 706 g/mol. The molecule has 0 aliphatic carbocycles. The first-order valence-electron chi connectivity index (χ1n) is 18.4. The number of rotatable bonds is 3. The van der Waals surface area contributed by atoms with E-state index in [1.54, 1.807) is 0 Å². The largest absolute Gasteiger partial charge is 0.456 e. The molecule has 4 heteroatoms. The normalized spacial score (nSPS) is 15.3. The van der Waals surface area contributed by atoms with E-state index in [4.69, 9.17) is 9.41 Å². The summed E-state index contributed by atoms with van der Waals surface area (Å²) < 4.78 is 6.55.